The molecule has 1 aromatic rings. The standard InChI is InChI=1S/C17H26N2O/c1-14(2)18-17(20)16-9-7-15(8-10-16)13-19-11-5-3-4-6-12-19/h7-10,14H,3-6,11-13H2,1-2H3,(H,18,20). The van der Waals surface area contributed by atoms with E-state index < -0.39 is 0 Å². The van der Waals surface area contributed by atoms with Crippen molar-refractivity contribution in [2.24, 2.45) is 0 Å². The predicted octanol–water partition coefficient (Wildman–Crippen LogP) is 3.20. The molecule has 1 amide bonds. The molecule has 1 N–H and O–H groups in total. The fraction of sp³-hybridized carbons (Fsp3) is 0.588. The molecule has 1 aliphatic heterocycles. The van der Waals surface area contributed by atoms with E-state index in [1.807, 2.05) is 26.0 Å². The van der Waals surface area contributed by atoms with Crippen LogP contribution in [0.2, 0.25) is 0 Å². The molecule has 1 heterocycles. The number of benzene rings is 1. The van der Waals surface area contributed by atoms with Gasteiger partial charge in [0.05, 0.1) is 0 Å². The molecule has 20 heavy (non-hydrogen) atoms. The van der Waals surface area contributed by atoms with Crippen molar-refractivity contribution in [3.63, 3.8) is 0 Å². The predicted molar refractivity (Wildman–Crippen MR) is 82.8 cm³/mol. The second kappa shape index (κ2) is 7.44. The normalized spacial score (nSPS) is 16.9. The summed E-state index contributed by atoms with van der Waals surface area (Å²) in [5.41, 5.74) is 2.05. The van der Waals surface area contributed by atoms with Crippen LogP contribution in [0, 0.1) is 0 Å². The van der Waals surface area contributed by atoms with Gasteiger partial charge in [-0.3, -0.25) is 9.69 Å². The number of carbonyl (C=O) groups excluding carboxylic acids is 1. The van der Waals surface area contributed by atoms with Crippen LogP contribution in [0.5, 0.6) is 0 Å². The van der Waals surface area contributed by atoms with Crippen molar-refractivity contribution in [1.82, 2.24) is 10.2 Å². The van der Waals surface area contributed by atoms with Gasteiger partial charge in [-0.25, -0.2) is 0 Å². The van der Waals surface area contributed by atoms with Crippen LogP contribution in [0.25, 0.3) is 0 Å². The first kappa shape index (κ1) is 15.0. The Morgan fingerprint density at radius 2 is 1.70 bits per heavy atom. The lowest BCUT2D eigenvalue weighted by Gasteiger charge is -2.19. The van der Waals surface area contributed by atoms with E-state index in [1.165, 1.54) is 44.3 Å². The zero-order valence-corrected chi connectivity index (χ0v) is 12.7. The zero-order valence-electron chi connectivity index (χ0n) is 12.7. The van der Waals surface area contributed by atoms with Crippen molar-refractivity contribution in [3.8, 4) is 0 Å². The van der Waals surface area contributed by atoms with E-state index in [4.69, 9.17) is 0 Å². The number of nitrogens with zero attached hydrogens (tertiary/aromatic N) is 1. The van der Waals surface area contributed by atoms with E-state index in [0.717, 1.165) is 12.1 Å². The maximum atomic E-state index is 11.9. The van der Waals surface area contributed by atoms with Crippen LogP contribution in [0.15, 0.2) is 24.3 Å². The summed E-state index contributed by atoms with van der Waals surface area (Å²) < 4.78 is 0. The van der Waals surface area contributed by atoms with Crippen LogP contribution >= 0.6 is 0 Å². The van der Waals surface area contributed by atoms with Crippen LogP contribution in [0.3, 0.4) is 0 Å². The largest absolute Gasteiger partial charge is 0.350 e. The number of amides is 1. The summed E-state index contributed by atoms with van der Waals surface area (Å²) in [6, 6.07) is 8.22. The first-order valence-electron chi connectivity index (χ1n) is 7.77. The number of likely N-dealkylation sites (tertiary alicyclic amines) is 1. The molecule has 0 radical (unpaired) electrons. The maximum Gasteiger partial charge on any atom is 0.251 e. The molecule has 1 aromatic carbocycles. The molecule has 110 valence electrons. The van der Waals surface area contributed by atoms with E-state index >= 15 is 0 Å². The summed E-state index contributed by atoms with van der Waals surface area (Å²) in [6.07, 6.45) is 5.36. The zero-order chi connectivity index (χ0) is 14.4. The van der Waals surface area contributed by atoms with Gasteiger partial charge in [-0.2, -0.15) is 0 Å². The van der Waals surface area contributed by atoms with Gasteiger partial charge in [0.15, 0.2) is 0 Å². The summed E-state index contributed by atoms with van der Waals surface area (Å²) in [7, 11) is 0. The van der Waals surface area contributed by atoms with Crippen molar-refractivity contribution in [2.45, 2.75) is 52.1 Å². The molecule has 3 heteroatoms. The highest BCUT2D eigenvalue weighted by Gasteiger charge is 2.10. The Hall–Kier alpha value is -1.35. The molecule has 1 aliphatic rings. The van der Waals surface area contributed by atoms with E-state index in [-0.39, 0.29) is 11.9 Å². The van der Waals surface area contributed by atoms with Gasteiger partial charge < -0.3 is 5.32 Å². The van der Waals surface area contributed by atoms with Gasteiger partial charge in [0.25, 0.3) is 5.91 Å². The molecule has 3 nitrogen and oxygen atoms in total. The highest BCUT2D eigenvalue weighted by atomic mass is 16.1. The molecule has 1 saturated heterocycles. The van der Waals surface area contributed by atoms with Crippen LogP contribution in [-0.2, 0) is 6.54 Å². The molecule has 0 spiro atoms. The molecule has 0 aromatic heterocycles. The van der Waals surface area contributed by atoms with Crippen LogP contribution in [0.4, 0.5) is 0 Å². The van der Waals surface area contributed by atoms with E-state index in [0.29, 0.717) is 0 Å². The number of nitrogens with one attached hydrogen (secondary N) is 1. The lowest BCUT2D eigenvalue weighted by atomic mass is 10.1. The lowest BCUT2D eigenvalue weighted by molar-refractivity contribution is 0.0943. The van der Waals surface area contributed by atoms with Gasteiger partial charge in [-0.1, -0.05) is 25.0 Å². The third kappa shape index (κ3) is 4.64. The summed E-state index contributed by atoms with van der Waals surface area (Å²) in [5.74, 6) is 0.0151. The van der Waals surface area contributed by atoms with Crippen molar-refractivity contribution >= 4 is 5.91 Å². The van der Waals surface area contributed by atoms with Gasteiger partial charge in [0.2, 0.25) is 0 Å². The van der Waals surface area contributed by atoms with Gasteiger partial charge in [0.1, 0.15) is 0 Å². The molecule has 0 atom stereocenters. The molecule has 0 bridgehead atoms. The fourth-order valence-electron chi connectivity index (χ4n) is 2.66. The smallest absolute Gasteiger partial charge is 0.251 e. The minimum atomic E-state index is 0.0151. The summed E-state index contributed by atoms with van der Waals surface area (Å²) in [6.45, 7) is 7.37. The Bertz CT molecular complexity index is 417. The Kier molecular flexibility index (Phi) is 5.60. The first-order valence-corrected chi connectivity index (χ1v) is 7.77. The third-order valence-electron chi connectivity index (χ3n) is 3.74. The van der Waals surface area contributed by atoms with Gasteiger partial charge in [-0.05, 0) is 57.5 Å². The highest BCUT2D eigenvalue weighted by Crippen LogP contribution is 2.14. The van der Waals surface area contributed by atoms with E-state index in [2.05, 4.69) is 22.3 Å². The molecule has 1 fully saturated rings. The average molecular weight is 274 g/mol. The molecule has 0 unspecified atom stereocenters. The van der Waals surface area contributed by atoms with E-state index in [1.54, 1.807) is 0 Å². The minimum Gasteiger partial charge on any atom is -0.350 e. The number of carbonyl (C=O) groups is 1. The first-order chi connectivity index (χ1) is 9.65. The SMILES string of the molecule is CC(C)NC(=O)c1ccc(CN2CCCCCC2)cc1. The second-order valence-electron chi connectivity index (χ2n) is 6.02. The van der Waals surface area contributed by atoms with Crippen molar-refractivity contribution in [3.05, 3.63) is 35.4 Å². The molecule has 2 rings (SSSR count). The van der Waals surface area contributed by atoms with Crippen LogP contribution in [0.1, 0.15) is 55.5 Å². The van der Waals surface area contributed by atoms with Crippen LogP contribution < -0.4 is 5.32 Å². The van der Waals surface area contributed by atoms with Crippen molar-refractivity contribution in [1.29, 1.82) is 0 Å². The third-order valence-corrected chi connectivity index (χ3v) is 3.74. The monoisotopic (exact) mass is 274 g/mol. The fourth-order valence-corrected chi connectivity index (χ4v) is 2.66. The Morgan fingerprint density at radius 3 is 2.25 bits per heavy atom. The summed E-state index contributed by atoms with van der Waals surface area (Å²) >= 11 is 0. The van der Waals surface area contributed by atoms with Crippen LogP contribution in [-0.4, -0.2) is 29.9 Å². The Balaban J connectivity index is 1.92. The van der Waals surface area contributed by atoms with Gasteiger partial charge >= 0.3 is 0 Å². The lowest BCUT2D eigenvalue weighted by Crippen LogP contribution is -2.30. The number of rotatable bonds is 4. The Labute approximate surface area is 122 Å². The van der Waals surface area contributed by atoms with Crippen molar-refractivity contribution in [2.75, 3.05) is 13.1 Å². The number of hydrogen-bond acceptors (Lipinski definition) is 2. The molecule has 0 aliphatic carbocycles. The van der Waals surface area contributed by atoms with E-state index in [9.17, 15) is 4.79 Å². The average Bonchev–Trinajstić information content (AvgIpc) is 2.67. The second-order valence-corrected chi connectivity index (χ2v) is 6.02. The van der Waals surface area contributed by atoms with Gasteiger partial charge in [-0.15, -0.1) is 0 Å². The minimum absolute atomic E-state index is 0.0151. The van der Waals surface area contributed by atoms with Crippen molar-refractivity contribution < 1.29 is 4.79 Å². The summed E-state index contributed by atoms with van der Waals surface area (Å²) in [5, 5.41) is 2.92. The summed E-state index contributed by atoms with van der Waals surface area (Å²) in [4.78, 5) is 14.4. The molecular weight excluding hydrogens is 248 g/mol. The number of hydrogen-bond donors (Lipinski definition) is 1. The maximum absolute atomic E-state index is 11.9. The molecular formula is C17H26N2O. The van der Waals surface area contributed by atoms with Gasteiger partial charge in [0, 0.05) is 18.2 Å². The quantitative estimate of drug-likeness (QED) is 0.914. The molecule has 0 saturated carbocycles. The Morgan fingerprint density at radius 1 is 1.10 bits per heavy atom. The highest BCUT2D eigenvalue weighted by molar-refractivity contribution is 5.94. The topological polar surface area (TPSA) is 32.3 Å².